The van der Waals surface area contributed by atoms with E-state index in [-0.39, 0.29) is 17.2 Å². The Labute approximate surface area is 128 Å². The van der Waals surface area contributed by atoms with Crippen LogP contribution in [0.1, 0.15) is 32.1 Å². The summed E-state index contributed by atoms with van der Waals surface area (Å²) in [6.45, 7) is 0. The molecule has 2 saturated carbocycles. The summed E-state index contributed by atoms with van der Waals surface area (Å²) < 4.78 is 6.03. The van der Waals surface area contributed by atoms with Crippen molar-refractivity contribution in [3.05, 3.63) is 33.3 Å². The lowest BCUT2D eigenvalue weighted by Gasteiger charge is -2.53. The van der Waals surface area contributed by atoms with Crippen molar-refractivity contribution in [3.8, 4) is 5.75 Å². The van der Waals surface area contributed by atoms with Crippen LogP contribution < -0.4 is 10.1 Å². The predicted octanol–water partition coefficient (Wildman–Crippen LogP) is 3.55. The Morgan fingerprint density at radius 3 is 2.76 bits per heavy atom. The number of nitro groups is 1. The van der Waals surface area contributed by atoms with Crippen LogP contribution in [-0.4, -0.2) is 24.1 Å². The van der Waals surface area contributed by atoms with E-state index >= 15 is 0 Å². The third-order valence-corrected chi connectivity index (χ3v) is 5.29. The molecular formula is C15H19ClN2O3. The molecule has 6 heteroatoms. The molecule has 0 amide bonds. The van der Waals surface area contributed by atoms with E-state index in [1.807, 2.05) is 7.05 Å². The first-order valence-corrected chi connectivity index (χ1v) is 7.72. The maximum absolute atomic E-state index is 11.1. The van der Waals surface area contributed by atoms with Crippen molar-refractivity contribution >= 4 is 17.3 Å². The number of hydrogen-bond donors (Lipinski definition) is 1. The first kappa shape index (κ1) is 14.6. The lowest BCUT2D eigenvalue weighted by atomic mass is 9.60. The van der Waals surface area contributed by atoms with Gasteiger partial charge in [0.2, 0.25) is 0 Å². The highest BCUT2D eigenvalue weighted by atomic mass is 35.5. The largest absolute Gasteiger partial charge is 0.483 e. The van der Waals surface area contributed by atoms with E-state index in [0.29, 0.717) is 16.8 Å². The number of rotatable bonds is 4. The van der Waals surface area contributed by atoms with Crippen LogP contribution in [0.3, 0.4) is 0 Å². The summed E-state index contributed by atoms with van der Waals surface area (Å²) in [5.74, 6) is 0.290. The number of nitro benzene ring substituents is 1. The maximum atomic E-state index is 11.1. The number of nitrogens with zero attached hydrogens (tertiary/aromatic N) is 1. The second-order valence-electron chi connectivity index (χ2n) is 5.99. The highest BCUT2D eigenvalue weighted by molar-refractivity contribution is 6.30. The van der Waals surface area contributed by atoms with Crippen molar-refractivity contribution in [1.29, 1.82) is 0 Å². The summed E-state index contributed by atoms with van der Waals surface area (Å²) >= 11 is 5.96. The Morgan fingerprint density at radius 1 is 1.43 bits per heavy atom. The molecule has 2 aliphatic carbocycles. The highest BCUT2D eigenvalue weighted by Gasteiger charge is 2.57. The Bertz CT molecular complexity index is 558. The van der Waals surface area contributed by atoms with Gasteiger partial charge in [0.1, 0.15) is 6.10 Å². The molecule has 1 aromatic carbocycles. The molecular weight excluding hydrogens is 292 g/mol. The Kier molecular flexibility index (Phi) is 3.80. The van der Waals surface area contributed by atoms with Gasteiger partial charge < -0.3 is 10.1 Å². The molecule has 0 bridgehead atoms. The van der Waals surface area contributed by atoms with Crippen LogP contribution in [0, 0.1) is 15.5 Å². The van der Waals surface area contributed by atoms with E-state index in [1.54, 1.807) is 6.07 Å². The molecule has 0 aliphatic heterocycles. The first-order chi connectivity index (χ1) is 10.1. The summed E-state index contributed by atoms with van der Waals surface area (Å²) in [6.07, 6.45) is 5.58. The van der Waals surface area contributed by atoms with Crippen LogP contribution in [-0.2, 0) is 0 Å². The molecule has 0 aromatic heterocycles. The third-order valence-electron chi connectivity index (χ3n) is 5.06. The van der Waals surface area contributed by atoms with Gasteiger partial charge >= 0.3 is 5.69 Å². The maximum Gasteiger partial charge on any atom is 0.311 e. The molecule has 5 nitrogen and oxygen atoms in total. The number of ether oxygens (including phenoxy) is 1. The number of hydrogen-bond acceptors (Lipinski definition) is 4. The molecule has 1 spiro atoms. The van der Waals surface area contributed by atoms with Crippen LogP contribution >= 0.6 is 11.6 Å². The molecule has 2 aliphatic rings. The summed E-state index contributed by atoms with van der Waals surface area (Å²) in [4.78, 5) is 10.7. The lowest BCUT2D eigenvalue weighted by molar-refractivity contribution is -0.386. The van der Waals surface area contributed by atoms with Gasteiger partial charge in [0, 0.05) is 35.0 Å². The van der Waals surface area contributed by atoms with Gasteiger partial charge in [0.05, 0.1) is 4.92 Å². The van der Waals surface area contributed by atoms with E-state index in [9.17, 15) is 10.1 Å². The van der Waals surface area contributed by atoms with E-state index in [2.05, 4.69) is 5.32 Å². The second-order valence-corrected chi connectivity index (χ2v) is 6.43. The van der Waals surface area contributed by atoms with E-state index in [1.165, 1.54) is 25.0 Å². The molecule has 21 heavy (non-hydrogen) atoms. The van der Waals surface area contributed by atoms with Crippen LogP contribution in [0.5, 0.6) is 5.75 Å². The zero-order valence-corrected chi connectivity index (χ0v) is 12.7. The van der Waals surface area contributed by atoms with Crippen molar-refractivity contribution in [2.24, 2.45) is 5.41 Å². The zero-order valence-electron chi connectivity index (χ0n) is 12.0. The van der Waals surface area contributed by atoms with Gasteiger partial charge in [-0.1, -0.05) is 24.4 Å². The summed E-state index contributed by atoms with van der Waals surface area (Å²) in [7, 11) is 1.97. The number of halogens is 1. The fraction of sp³-hybridized carbons (Fsp3) is 0.600. The molecule has 0 radical (unpaired) electrons. The minimum Gasteiger partial charge on any atom is -0.483 e. The molecule has 2 unspecified atom stereocenters. The average molecular weight is 311 g/mol. The monoisotopic (exact) mass is 310 g/mol. The fourth-order valence-corrected chi connectivity index (χ4v) is 4.07. The smallest absolute Gasteiger partial charge is 0.311 e. The molecule has 2 atom stereocenters. The molecule has 0 heterocycles. The van der Waals surface area contributed by atoms with Gasteiger partial charge in [-0.15, -0.1) is 0 Å². The van der Waals surface area contributed by atoms with Crippen LogP contribution in [0.2, 0.25) is 5.02 Å². The summed E-state index contributed by atoms with van der Waals surface area (Å²) in [5, 5.41) is 14.9. The second kappa shape index (κ2) is 5.46. The molecule has 3 rings (SSSR count). The fourth-order valence-electron chi connectivity index (χ4n) is 3.91. The SMILES string of the molecule is CNC1CC(Oc2cc(Cl)ccc2[N+](=O)[O-])C12CCCC2. The number of benzene rings is 1. The van der Waals surface area contributed by atoms with Gasteiger partial charge in [0.15, 0.2) is 5.75 Å². The van der Waals surface area contributed by atoms with Gasteiger partial charge in [-0.3, -0.25) is 10.1 Å². The van der Waals surface area contributed by atoms with E-state index in [0.717, 1.165) is 19.3 Å². The van der Waals surface area contributed by atoms with Gasteiger partial charge in [0.25, 0.3) is 0 Å². The Morgan fingerprint density at radius 2 is 2.14 bits per heavy atom. The first-order valence-electron chi connectivity index (χ1n) is 7.35. The zero-order chi connectivity index (χ0) is 15.0. The number of nitrogens with one attached hydrogen (secondary N) is 1. The van der Waals surface area contributed by atoms with E-state index in [4.69, 9.17) is 16.3 Å². The minimum absolute atomic E-state index is 0.0135. The van der Waals surface area contributed by atoms with Crippen molar-refractivity contribution in [3.63, 3.8) is 0 Å². The van der Waals surface area contributed by atoms with Crippen LogP contribution in [0.4, 0.5) is 5.69 Å². The van der Waals surface area contributed by atoms with Gasteiger partial charge in [-0.25, -0.2) is 0 Å². The molecule has 2 fully saturated rings. The molecule has 114 valence electrons. The van der Waals surface area contributed by atoms with Gasteiger partial charge in [-0.2, -0.15) is 0 Å². The third kappa shape index (κ3) is 2.38. The van der Waals surface area contributed by atoms with Crippen molar-refractivity contribution in [2.75, 3.05) is 7.05 Å². The van der Waals surface area contributed by atoms with Crippen LogP contribution in [0.25, 0.3) is 0 Å². The van der Waals surface area contributed by atoms with E-state index < -0.39 is 4.92 Å². The minimum atomic E-state index is -0.415. The summed E-state index contributed by atoms with van der Waals surface area (Å²) in [6, 6.07) is 4.93. The van der Waals surface area contributed by atoms with Crippen LogP contribution in [0.15, 0.2) is 18.2 Å². The van der Waals surface area contributed by atoms with Gasteiger partial charge in [-0.05, 0) is 26.0 Å². The highest BCUT2D eigenvalue weighted by Crippen LogP contribution is 2.55. The van der Waals surface area contributed by atoms with Crippen molar-refractivity contribution in [2.45, 2.75) is 44.2 Å². The lowest BCUT2D eigenvalue weighted by Crippen LogP contribution is -2.63. The Hall–Kier alpha value is -1.33. The quantitative estimate of drug-likeness (QED) is 0.682. The van der Waals surface area contributed by atoms with Crippen molar-refractivity contribution in [1.82, 2.24) is 5.32 Å². The molecule has 1 aromatic rings. The molecule has 1 N–H and O–H groups in total. The Balaban J connectivity index is 1.84. The average Bonchev–Trinajstić information content (AvgIpc) is 2.95. The summed E-state index contributed by atoms with van der Waals surface area (Å²) in [5.41, 5.74) is 0.116. The molecule has 0 saturated heterocycles. The van der Waals surface area contributed by atoms with Crippen molar-refractivity contribution < 1.29 is 9.66 Å². The standard InChI is InChI=1S/C15H19ClN2O3/c1-17-13-9-14(15(13)6-2-3-7-15)21-12-8-10(16)4-5-11(12)18(19)20/h4-5,8,13-14,17H,2-3,6-7,9H2,1H3. The normalized spacial score (nSPS) is 26.6. The topological polar surface area (TPSA) is 64.4 Å². The predicted molar refractivity (Wildman–Crippen MR) is 80.9 cm³/mol.